The van der Waals surface area contributed by atoms with Crippen LogP contribution in [0.4, 0.5) is 0 Å². The highest BCUT2D eigenvalue weighted by atomic mass is 32.2. The quantitative estimate of drug-likeness (QED) is 0.875. The Balaban J connectivity index is 1.57. The number of rotatable bonds is 4. The van der Waals surface area contributed by atoms with Crippen molar-refractivity contribution in [3.05, 3.63) is 52.2 Å². The molecule has 7 heteroatoms. The van der Waals surface area contributed by atoms with Crippen molar-refractivity contribution < 1.29 is 9.90 Å². The first kappa shape index (κ1) is 17.6. The minimum Gasteiger partial charge on any atom is -0.508 e. The third kappa shape index (κ3) is 3.79. The van der Waals surface area contributed by atoms with Crippen LogP contribution in [0.25, 0.3) is 0 Å². The molecular formula is C19H21N3O2S2. The molecule has 1 aromatic carbocycles. The van der Waals surface area contributed by atoms with Crippen molar-refractivity contribution in [2.24, 2.45) is 5.10 Å². The number of phenols is 1. The number of thioether (sulfide) groups is 1. The van der Waals surface area contributed by atoms with Crippen molar-refractivity contribution in [2.45, 2.75) is 12.5 Å². The lowest BCUT2D eigenvalue weighted by Gasteiger charge is -2.28. The summed E-state index contributed by atoms with van der Waals surface area (Å²) in [6, 6.07) is 11.0. The van der Waals surface area contributed by atoms with Crippen molar-refractivity contribution in [3.63, 3.8) is 0 Å². The molecule has 1 saturated heterocycles. The van der Waals surface area contributed by atoms with Gasteiger partial charge in [-0.1, -0.05) is 18.2 Å². The highest BCUT2D eigenvalue weighted by Gasteiger charge is 2.34. The molecule has 2 aliphatic heterocycles. The Morgan fingerprint density at radius 2 is 1.96 bits per heavy atom. The third-order valence-corrected chi connectivity index (χ3v) is 6.57. The minimum absolute atomic E-state index is 0.0431. The molecule has 1 amide bonds. The summed E-state index contributed by atoms with van der Waals surface area (Å²) in [6.45, 7) is 2.32. The van der Waals surface area contributed by atoms with Crippen LogP contribution in [0.2, 0.25) is 0 Å². The van der Waals surface area contributed by atoms with Gasteiger partial charge in [-0.3, -0.25) is 9.69 Å². The molecule has 0 spiro atoms. The summed E-state index contributed by atoms with van der Waals surface area (Å²) in [7, 11) is 0. The first-order valence-corrected chi connectivity index (χ1v) is 10.8. The minimum atomic E-state index is -0.112. The van der Waals surface area contributed by atoms with E-state index in [1.807, 2.05) is 41.4 Å². The maximum absolute atomic E-state index is 13.0. The summed E-state index contributed by atoms with van der Waals surface area (Å²) in [5.74, 6) is 2.44. The molecule has 1 N–H and O–H groups in total. The Morgan fingerprint density at radius 3 is 2.65 bits per heavy atom. The molecule has 26 heavy (non-hydrogen) atoms. The van der Waals surface area contributed by atoms with Crippen LogP contribution in [0, 0.1) is 0 Å². The van der Waals surface area contributed by atoms with Crippen LogP contribution < -0.4 is 0 Å². The number of hydrogen-bond donors (Lipinski definition) is 1. The van der Waals surface area contributed by atoms with E-state index in [1.54, 1.807) is 28.5 Å². The van der Waals surface area contributed by atoms with E-state index in [0.29, 0.717) is 13.0 Å². The molecule has 1 fully saturated rings. The zero-order chi connectivity index (χ0) is 17.9. The summed E-state index contributed by atoms with van der Waals surface area (Å²) in [6.07, 6.45) is 0.701. The van der Waals surface area contributed by atoms with Crippen molar-refractivity contribution >= 4 is 34.7 Å². The number of hydrogen-bond acceptors (Lipinski definition) is 6. The number of hydrazone groups is 1. The van der Waals surface area contributed by atoms with Gasteiger partial charge in [0.25, 0.3) is 5.91 Å². The van der Waals surface area contributed by atoms with Gasteiger partial charge in [-0.15, -0.1) is 11.3 Å². The van der Waals surface area contributed by atoms with Gasteiger partial charge in [-0.2, -0.15) is 16.9 Å². The van der Waals surface area contributed by atoms with Crippen LogP contribution in [-0.2, 0) is 4.79 Å². The fourth-order valence-electron chi connectivity index (χ4n) is 3.31. The van der Waals surface area contributed by atoms with Gasteiger partial charge < -0.3 is 5.11 Å². The predicted molar refractivity (Wildman–Crippen MR) is 107 cm³/mol. The monoisotopic (exact) mass is 387 g/mol. The van der Waals surface area contributed by atoms with Crippen molar-refractivity contribution in [1.29, 1.82) is 0 Å². The van der Waals surface area contributed by atoms with Gasteiger partial charge in [0.2, 0.25) is 0 Å². The van der Waals surface area contributed by atoms with Crippen LogP contribution >= 0.6 is 23.1 Å². The van der Waals surface area contributed by atoms with Crippen LogP contribution in [0.5, 0.6) is 5.75 Å². The molecular weight excluding hydrogens is 366 g/mol. The van der Waals surface area contributed by atoms with Gasteiger partial charge in [0, 0.05) is 31.0 Å². The van der Waals surface area contributed by atoms with E-state index in [9.17, 15) is 9.90 Å². The molecule has 1 unspecified atom stereocenters. The number of phenolic OH excluding ortho intramolecular Hbond substituents is 1. The van der Waals surface area contributed by atoms with Gasteiger partial charge in [-0.25, -0.2) is 5.01 Å². The van der Waals surface area contributed by atoms with Crippen LogP contribution in [0.3, 0.4) is 0 Å². The summed E-state index contributed by atoms with van der Waals surface area (Å²) in [5.41, 5.74) is 1.96. The zero-order valence-electron chi connectivity index (χ0n) is 14.4. The number of nitrogens with zero attached hydrogens (tertiary/aromatic N) is 3. The molecule has 4 rings (SSSR count). The molecule has 1 aromatic heterocycles. The standard InChI is InChI=1S/C19H21N3O2S2/c23-15-5-3-14(4-6-15)17-12-16(18-2-1-9-26-18)20-22(17)19(24)13-21-7-10-25-11-8-21/h1-6,9,17,23H,7-8,10-13H2. The van der Waals surface area contributed by atoms with Gasteiger partial charge in [0.05, 0.1) is 23.2 Å². The lowest BCUT2D eigenvalue weighted by molar-refractivity contribution is -0.134. The topological polar surface area (TPSA) is 56.1 Å². The summed E-state index contributed by atoms with van der Waals surface area (Å²) in [4.78, 5) is 16.3. The predicted octanol–water partition coefficient (Wildman–Crippen LogP) is 3.18. The first-order valence-electron chi connectivity index (χ1n) is 8.73. The van der Waals surface area contributed by atoms with E-state index in [-0.39, 0.29) is 17.7 Å². The summed E-state index contributed by atoms with van der Waals surface area (Å²) >= 11 is 3.59. The Morgan fingerprint density at radius 1 is 1.19 bits per heavy atom. The molecule has 136 valence electrons. The summed E-state index contributed by atoms with van der Waals surface area (Å²) < 4.78 is 0. The average molecular weight is 388 g/mol. The van der Waals surface area contributed by atoms with Crippen molar-refractivity contribution in [1.82, 2.24) is 9.91 Å². The van der Waals surface area contributed by atoms with Gasteiger partial charge in [0.1, 0.15) is 5.75 Å². The molecule has 0 saturated carbocycles. The molecule has 1 atom stereocenters. The van der Waals surface area contributed by atoms with Crippen LogP contribution in [-0.4, -0.2) is 57.8 Å². The second-order valence-corrected chi connectivity index (χ2v) is 8.63. The number of benzene rings is 1. The van der Waals surface area contributed by atoms with E-state index in [2.05, 4.69) is 4.90 Å². The number of aromatic hydroxyl groups is 1. The molecule has 5 nitrogen and oxygen atoms in total. The van der Waals surface area contributed by atoms with Crippen LogP contribution in [0.15, 0.2) is 46.9 Å². The highest BCUT2D eigenvalue weighted by molar-refractivity contribution is 7.99. The van der Waals surface area contributed by atoms with Crippen molar-refractivity contribution in [3.8, 4) is 5.75 Å². The number of amides is 1. The maximum atomic E-state index is 13.0. The van der Waals surface area contributed by atoms with Crippen molar-refractivity contribution in [2.75, 3.05) is 31.1 Å². The lowest BCUT2D eigenvalue weighted by Crippen LogP contribution is -2.41. The molecule has 0 radical (unpaired) electrons. The Labute approximate surface area is 161 Å². The fraction of sp³-hybridized carbons (Fsp3) is 0.368. The van der Waals surface area contributed by atoms with E-state index < -0.39 is 0 Å². The summed E-state index contributed by atoms with van der Waals surface area (Å²) in [5, 5.41) is 18.0. The lowest BCUT2D eigenvalue weighted by atomic mass is 10.0. The fourth-order valence-corrected chi connectivity index (χ4v) is 5.01. The second kappa shape index (κ2) is 7.82. The number of carbonyl (C=O) groups is 1. The van der Waals surface area contributed by atoms with Gasteiger partial charge >= 0.3 is 0 Å². The average Bonchev–Trinajstić information content (AvgIpc) is 3.33. The van der Waals surface area contributed by atoms with E-state index in [4.69, 9.17) is 5.10 Å². The van der Waals surface area contributed by atoms with Gasteiger partial charge in [0.15, 0.2) is 0 Å². The molecule has 3 heterocycles. The number of carbonyl (C=O) groups excluding carboxylic acids is 1. The largest absolute Gasteiger partial charge is 0.508 e. The van der Waals surface area contributed by atoms with Crippen LogP contribution in [0.1, 0.15) is 22.9 Å². The number of thiophene rings is 1. The third-order valence-electron chi connectivity index (χ3n) is 4.71. The second-order valence-electron chi connectivity index (χ2n) is 6.46. The first-order chi connectivity index (χ1) is 12.7. The smallest absolute Gasteiger partial charge is 0.257 e. The molecule has 0 bridgehead atoms. The molecule has 0 aliphatic carbocycles. The van der Waals surface area contributed by atoms with E-state index >= 15 is 0 Å². The Bertz CT molecular complexity index is 784. The highest BCUT2D eigenvalue weighted by Crippen LogP contribution is 2.34. The zero-order valence-corrected chi connectivity index (χ0v) is 16.0. The maximum Gasteiger partial charge on any atom is 0.257 e. The molecule has 2 aromatic rings. The Hall–Kier alpha value is -1.83. The van der Waals surface area contributed by atoms with E-state index in [0.717, 1.165) is 40.7 Å². The van der Waals surface area contributed by atoms with E-state index in [1.165, 1.54) is 0 Å². The Kier molecular flexibility index (Phi) is 5.28. The SMILES string of the molecule is O=C(CN1CCSCC1)N1N=C(c2cccs2)CC1c1ccc(O)cc1. The normalized spacial score (nSPS) is 21.0. The molecule has 2 aliphatic rings. The van der Waals surface area contributed by atoms with Gasteiger partial charge in [-0.05, 0) is 29.1 Å².